The lowest BCUT2D eigenvalue weighted by molar-refractivity contribution is 0.481. The van der Waals surface area contributed by atoms with Crippen LogP contribution in [0.25, 0.3) is 0 Å². The van der Waals surface area contributed by atoms with Crippen molar-refractivity contribution in [3.05, 3.63) is 29.8 Å². The van der Waals surface area contributed by atoms with Crippen molar-refractivity contribution in [1.82, 2.24) is 10.6 Å². The van der Waals surface area contributed by atoms with Gasteiger partial charge in [0.15, 0.2) is 5.96 Å². The van der Waals surface area contributed by atoms with E-state index in [-0.39, 0.29) is 4.90 Å². The van der Waals surface area contributed by atoms with E-state index < -0.39 is 10.0 Å². The average Bonchev–Trinajstić information content (AvgIpc) is 2.53. The molecule has 0 unspecified atom stereocenters. The van der Waals surface area contributed by atoms with Crippen LogP contribution in [-0.2, 0) is 16.6 Å². The summed E-state index contributed by atoms with van der Waals surface area (Å²) in [6, 6.07) is 6.56. The molecule has 0 radical (unpaired) electrons. The molecule has 0 saturated carbocycles. The fourth-order valence-corrected chi connectivity index (χ4v) is 2.74. The van der Waals surface area contributed by atoms with Gasteiger partial charge in [-0.3, -0.25) is 0 Å². The van der Waals surface area contributed by atoms with Gasteiger partial charge in [-0.05, 0) is 30.5 Å². The lowest BCUT2D eigenvalue weighted by Gasteiger charge is -2.16. The molecule has 7 heteroatoms. The summed E-state index contributed by atoms with van der Waals surface area (Å²) in [5, 5.41) is 11.7. The maximum absolute atomic E-state index is 11.4. The molecule has 0 spiro atoms. The van der Waals surface area contributed by atoms with Gasteiger partial charge in [-0.15, -0.1) is 0 Å². The topological polar surface area (TPSA) is 96.6 Å². The molecule has 0 aromatic heterocycles. The van der Waals surface area contributed by atoms with E-state index in [4.69, 9.17) is 5.14 Å². The fourth-order valence-electron chi connectivity index (χ4n) is 2.15. The van der Waals surface area contributed by atoms with Crippen LogP contribution in [0.5, 0.6) is 0 Å². The van der Waals surface area contributed by atoms with Crippen molar-refractivity contribution in [1.29, 1.82) is 0 Å². The Morgan fingerprint density at radius 1 is 1.22 bits per heavy atom. The van der Waals surface area contributed by atoms with Crippen molar-refractivity contribution < 1.29 is 8.42 Å². The Hall–Kier alpha value is -1.60. The molecule has 0 heterocycles. The molecule has 4 N–H and O–H groups in total. The molecule has 1 rings (SSSR count). The van der Waals surface area contributed by atoms with Crippen LogP contribution in [0.3, 0.4) is 0 Å². The minimum Gasteiger partial charge on any atom is -0.357 e. The smallest absolute Gasteiger partial charge is 0.238 e. The second-order valence-electron chi connectivity index (χ2n) is 5.45. The number of aliphatic imine (C=N–C) groups is 1. The zero-order valence-corrected chi connectivity index (χ0v) is 15.0. The van der Waals surface area contributed by atoms with Gasteiger partial charge in [0.1, 0.15) is 0 Å². The molecule has 0 fully saturated rings. The summed E-state index contributed by atoms with van der Waals surface area (Å²) in [6.45, 7) is 8.40. The molecule has 0 aliphatic heterocycles. The van der Waals surface area contributed by atoms with Crippen molar-refractivity contribution in [3.8, 4) is 0 Å². The first-order valence-electron chi connectivity index (χ1n) is 8.04. The first-order valence-corrected chi connectivity index (χ1v) is 9.59. The molecule has 0 bridgehead atoms. The molecule has 0 aliphatic rings. The van der Waals surface area contributed by atoms with E-state index >= 15 is 0 Å². The Balaban J connectivity index is 2.77. The standard InChI is InChI=1S/C16H28N4O2S/c1-4-13(5-2)11-19-16(18-6-3)20-12-14-8-7-9-15(10-14)23(17,21)22/h7-10,13H,4-6,11-12H2,1-3H3,(H2,17,21,22)(H2,18,19,20). The number of rotatable bonds is 8. The molecule has 23 heavy (non-hydrogen) atoms. The number of nitrogens with one attached hydrogen (secondary N) is 2. The van der Waals surface area contributed by atoms with Crippen molar-refractivity contribution >= 4 is 16.0 Å². The predicted molar refractivity (Wildman–Crippen MR) is 94.7 cm³/mol. The van der Waals surface area contributed by atoms with Crippen molar-refractivity contribution in [3.63, 3.8) is 0 Å². The largest absolute Gasteiger partial charge is 0.357 e. The second kappa shape index (κ2) is 9.52. The maximum atomic E-state index is 11.4. The number of sulfonamides is 1. The summed E-state index contributed by atoms with van der Waals surface area (Å²) < 4.78 is 22.8. The molecule has 0 saturated heterocycles. The van der Waals surface area contributed by atoms with Gasteiger partial charge in [0.05, 0.1) is 11.4 Å². The van der Waals surface area contributed by atoms with Gasteiger partial charge in [0.25, 0.3) is 0 Å². The Morgan fingerprint density at radius 2 is 1.91 bits per heavy atom. The molecule has 0 aliphatic carbocycles. The maximum Gasteiger partial charge on any atom is 0.238 e. The zero-order chi connectivity index (χ0) is 17.3. The van der Waals surface area contributed by atoms with Gasteiger partial charge in [-0.1, -0.05) is 38.8 Å². The highest BCUT2D eigenvalue weighted by molar-refractivity contribution is 7.89. The SMILES string of the molecule is CCNC(=NCc1cccc(S(N)(=O)=O)c1)NCC(CC)CC. The van der Waals surface area contributed by atoms with Crippen LogP contribution in [0.4, 0.5) is 0 Å². The third-order valence-corrected chi connectivity index (χ3v) is 4.61. The average molecular weight is 340 g/mol. The normalized spacial score (nSPS) is 12.5. The minimum atomic E-state index is -3.68. The quantitative estimate of drug-likeness (QED) is 0.497. The lowest BCUT2D eigenvalue weighted by atomic mass is 10.0. The van der Waals surface area contributed by atoms with Crippen LogP contribution in [0.15, 0.2) is 34.2 Å². The molecular weight excluding hydrogens is 312 g/mol. The van der Waals surface area contributed by atoms with Crippen molar-refractivity contribution in [2.75, 3.05) is 13.1 Å². The molecule has 1 aromatic rings. The first-order chi connectivity index (χ1) is 10.9. The summed E-state index contributed by atoms with van der Waals surface area (Å²) >= 11 is 0. The van der Waals surface area contributed by atoms with Crippen LogP contribution < -0.4 is 15.8 Å². The Morgan fingerprint density at radius 3 is 2.48 bits per heavy atom. The third kappa shape index (κ3) is 7.00. The summed E-state index contributed by atoms with van der Waals surface area (Å²) in [4.78, 5) is 4.62. The number of nitrogens with zero attached hydrogens (tertiary/aromatic N) is 1. The lowest BCUT2D eigenvalue weighted by Crippen LogP contribution is -2.39. The van der Waals surface area contributed by atoms with Crippen LogP contribution in [0, 0.1) is 5.92 Å². The van der Waals surface area contributed by atoms with Crippen LogP contribution in [0.2, 0.25) is 0 Å². The highest BCUT2D eigenvalue weighted by Gasteiger charge is 2.08. The number of primary sulfonamides is 1. The van der Waals surface area contributed by atoms with Gasteiger partial charge in [0, 0.05) is 13.1 Å². The monoisotopic (exact) mass is 340 g/mol. The van der Waals surface area contributed by atoms with E-state index in [0.29, 0.717) is 12.5 Å². The Bertz CT molecular complexity index is 610. The number of hydrogen-bond acceptors (Lipinski definition) is 3. The summed E-state index contributed by atoms with van der Waals surface area (Å²) in [7, 11) is -3.68. The summed E-state index contributed by atoms with van der Waals surface area (Å²) in [5.74, 6) is 1.35. The highest BCUT2D eigenvalue weighted by atomic mass is 32.2. The molecule has 0 atom stereocenters. The zero-order valence-electron chi connectivity index (χ0n) is 14.2. The third-order valence-electron chi connectivity index (χ3n) is 3.70. The highest BCUT2D eigenvalue weighted by Crippen LogP contribution is 2.10. The van der Waals surface area contributed by atoms with Crippen molar-refractivity contribution in [2.45, 2.75) is 45.1 Å². The van der Waals surface area contributed by atoms with E-state index in [1.165, 1.54) is 6.07 Å². The van der Waals surface area contributed by atoms with E-state index in [1.807, 2.05) is 13.0 Å². The number of nitrogens with two attached hydrogens (primary N) is 1. The van der Waals surface area contributed by atoms with E-state index in [1.54, 1.807) is 12.1 Å². The molecule has 1 aromatic carbocycles. The van der Waals surface area contributed by atoms with E-state index in [9.17, 15) is 8.42 Å². The van der Waals surface area contributed by atoms with Gasteiger partial charge >= 0.3 is 0 Å². The van der Waals surface area contributed by atoms with Gasteiger partial charge in [0.2, 0.25) is 10.0 Å². The fraction of sp³-hybridized carbons (Fsp3) is 0.562. The van der Waals surface area contributed by atoms with Crippen LogP contribution in [-0.4, -0.2) is 27.5 Å². The summed E-state index contributed by atoms with van der Waals surface area (Å²) in [6.07, 6.45) is 2.25. The minimum absolute atomic E-state index is 0.111. The molecule has 0 amide bonds. The number of hydrogen-bond donors (Lipinski definition) is 3. The van der Waals surface area contributed by atoms with Gasteiger partial charge in [-0.2, -0.15) is 0 Å². The predicted octanol–water partition coefficient (Wildman–Crippen LogP) is 1.83. The number of guanidine groups is 1. The molecule has 130 valence electrons. The molecule has 6 nitrogen and oxygen atoms in total. The van der Waals surface area contributed by atoms with Crippen LogP contribution in [0.1, 0.15) is 39.2 Å². The van der Waals surface area contributed by atoms with Crippen LogP contribution >= 0.6 is 0 Å². The van der Waals surface area contributed by atoms with Gasteiger partial charge in [-0.25, -0.2) is 18.5 Å². The molecular formula is C16H28N4O2S. The summed E-state index contributed by atoms with van der Waals surface area (Å²) in [5.41, 5.74) is 0.802. The van der Waals surface area contributed by atoms with E-state index in [2.05, 4.69) is 29.5 Å². The van der Waals surface area contributed by atoms with Gasteiger partial charge < -0.3 is 10.6 Å². The second-order valence-corrected chi connectivity index (χ2v) is 7.01. The van der Waals surface area contributed by atoms with E-state index in [0.717, 1.165) is 37.5 Å². The Kier molecular flexibility index (Phi) is 8.05. The Labute approximate surface area is 139 Å². The number of benzene rings is 1. The first kappa shape index (κ1) is 19.4. The van der Waals surface area contributed by atoms with Crippen molar-refractivity contribution in [2.24, 2.45) is 16.0 Å².